The third kappa shape index (κ3) is 7.22. The number of thioether (sulfide) groups is 1. The van der Waals surface area contributed by atoms with Crippen LogP contribution in [0.2, 0.25) is 5.02 Å². The van der Waals surface area contributed by atoms with E-state index in [0.717, 1.165) is 12.1 Å². The standard InChI is InChI=1S/C28H20ClF3N2O7S/c1-40-22-9-7-18(28(30,31)32)12-20(22)33-24(35)13-34-25(36)23(42-27(34)39)11-16-4-8-21(19(29)10-16)41-14-15-2-5-17(6-3-15)26(37)38/h2-12H,13-14H2,1H3,(H,33,35)(H,37,38)/b23-11-. The number of hydrogen-bond donors (Lipinski definition) is 2. The largest absolute Gasteiger partial charge is 0.495 e. The fourth-order valence-electron chi connectivity index (χ4n) is 3.73. The number of anilines is 1. The van der Waals surface area contributed by atoms with E-state index in [2.05, 4.69) is 5.32 Å². The second-order valence-corrected chi connectivity index (χ2v) is 10.1. The molecule has 0 atom stereocenters. The van der Waals surface area contributed by atoms with Crippen molar-refractivity contribution in [3.8, 4) is 11.5 Å². The molecule has 3 amide bonds. The molecule has 0 aromatic heterocycles. The van der Waals surface area contributed by atoms with E-state index < -0.39 is 41.3 Å². The number of nitrogens with one attached hydrogen (secondary N) is 1. The van der Waals surface area contributed by atoms with Crippen molar-refractivity contribution in [3.63, 3.8) is 0 Å². The van der Waals surface area contributed by atoms with Crippen molar-refractivity contribution < 1.29 is 46.9 Å². The van der Waals surface area contributed by atoms with Crippen LogP contribution in [0, 0.1) is 0 Å². The third-order valence-electron chi connectivity index (χ3n) is 5.83. The smallest absolute Gasteiger partial charge is 0.416 e. The normalized spacial score (nSPS) is 14.3. The van der Waals surface area contributed by atoms with Gasteiger partial charge in [0.1, 0.15) is 24.7 Å². The van der Waals surface area contributed by atoms with Crippen molar-refractivity contribution in [3.05, 3.63) is 92.8 Å². The van der Waals surface area contributed by atoms with Crippen LogP contribution in [-0.2, 0) is 22.4 Å². The van der Waals surface area contributed by atoms with Crippen molar-refractivity contribution in [2.75, 3.05) is 19.0 Å². The van der Waals surface area contributed by atoms with E-state index in [9.17, 15) is 32.3 Å². The maximum absolute atomic E-state index is 13.1. The first-order valence-corrected chi connectivity index (χ1v) is 13.1. The van der Waals surface area contributed by atoms with Crippen molar-refractivity contribution >= 4 is 58.1 Å². The van der Waals surface area contributed by atoms with E-state index in [1.165, 1.54) is 31.4 Å². The van der Waals surface area contributed by atoms with Gasteiger partial charge in [-0.2, -0.15) is 13.2 Å². The van der Waals surface area contributed by atoms with Gasteiger partial charge in [0.05, 0.1) is 33.9 Å². The molecule has 218 valence electrons. The van der Waals surface area contributed by atoms with Gasteiger partial charge in [-0.1, -0.05) is 29.8 Å². The molecule has 0 unspecified atom stereocenters. The number of rotatable bonds is 9. The van der Waals surface area contributed by atoms with Gasteiger partial charge < -0.3 is 19.9 Å². The number of alkyl halides is 3. The Bertz CT molecular complexity index is 1590. The summed E-state index contributed by atoms with van der Waals surface area (Å²) in [6.07, 6.45) is -3.26. The number of hydrogen-bond acceptors (Lipinski definition) is 7. The summed E-state index contributed by atoms with van der Waals surface area (Å²) < 4.78 is 50.0. The molecule has 14 heteroatoms. The molecule has 3 aromatic carbocycles. The number of benzene rings is 3. The molecule has 1 aliphatic rings. The lowest BCUT2D eigenvalue weighted by Gasteiger charge is -2.16. The second-order valence-electron chi connectivity index (χ2n) is 8.71. The Labute approximate surface area is 245 Å². The highest BCUT2D eigenvalue weighted by Crippen LogP contribution is 2.36. The topological polar surface area (TPSA) is 122 Å². The van der Waals surface area contributed by atoms with Crippen molar-refractivity contribution in [2.45, 2.75) is 12.8 Å². The SMILES string of the molecule is COc1ccc(C(F)(F)F)cc1NC(=O)CN1C(=O)S/C(=C\c2ccc(OCc3ccc(C(=O)O)cc3)c(Cl)c2)C1=O. The average molecular weight is 621 g/mol. The molecule has 4 rings (SSSR count). The molecular weight excluding hydrogens is 601 g/mol. The highest BCUT2D eigenvalue weighted by atomic mass is 35.5. The zero-order valence-corrected chi connectivity index (χ0v) is 23.1. The number of ether oxygens (including phenoxy) is 2. The average Bonchev–Trinajstić information content (AvgIpc) is 3.19. The minimum atomic E-state index is -4.66. The quantitative estimate of drug-likeness (QED) is 0.267. The van der Waals surface area contributed by atoms with Crippen molar-refractivity contribution in [1.29, 1.82) is 0 Å². The molecule has 1 aliphatic heterocycles. The lowest BCUT2D eigenvalue weighted by atomic mass is 10.1. The molecule has 2 N–H and O–H groups in total. The Morgan fingerprint density at radius 3 is 2.36 bits per heavy atom. The zero-order chi connectivity index (χ0) is 30.6. The number of halogens is 4. The number of carbonyl (C=O) groups is 4. The molecule has 1 saturated heterocycles. The molecule has 9 nitrogen and oxygen atoms in total. The van der Waals surface area contributed by atoms with Crippen LogP contribution >= 0.6 is 23.4 Å². The van der Waals surface area contributed by atoms with Gasteiger partial charge in [-0.15, -0.1) is 0 Å². The monoisotopic (exact) mass is 620 g/mol. The van der Waals surface area contributed by atoms with E-state index >= 15 is 0 Å². The summed E-state index contributed by atoms with van der Waals surface area (Å²) in [6, 6.07) is 13.3. The fourth-order valence-corrected chi connectivity index (χ4v) is 4.81. The van der Waals surface area contributed by atoms with E-state index in [-0.39, 0.29) is 33.5 Å². The van der Waals surface area contributed by atoms with Gasteiger partial charge in [-0.25, -0.2) is 4.79 Å². The van der Waals surface area contributed by atoms with Crippen molar-refractivity contribution in [1.82, 2.24) is 4.90 Å². The summed E-state index contributed by atoms with van der Waals surface area (Å²) in [7, 11) is 1.21. The highest BCUT2D eigenvalue weighted by Gasteiger charge is 2.37. The Morgan fingerprint density at radius 1 is 1.05 bits per heavy atom. The Morgan fingerprint density at radius 2 is 1.74 bits per heavy atom. The number of carboxylic acids is 1. The first-order chi connectivity index (χ1) is 19.8. The molecule has 0 radical (unpaired) electrons. The summed E-state index contributed by atoms with van der Waals surface area (Å²) in [6.45, 7) is -0.616. The van der Waals surface area contributed by atoms with Crippen LogP contribution < -0.4 is 14.8 Å². The van der Waals surface area contributed by atoms with Gasteiger partial charge in [-0.3, -0.25) is 19.3 Å². The number of methoxy groups -OCH3 is 1. The summed E-state index contributed by atoms with van der Waals surface area (Å²) in [5, 5.41) is 10.7. The summed E-state index contributed by atoms with van der Waals surface area (Å²) in [5.41, 5.74) is 0.0273. The number of aromatic carboxylic acids is 1. The van der Waals surface area contributed by atoms with Gasteiger partial charge in [0, 0.05) is 0 Å². The number of amides is 3. The van der Waals surface area contributed by atoms with Crippen LogP contribution in [0.4, 0.5) is 23.7 Å². The molecular formula is C28H20ClF3N2O7S. The third-order valence-corrected chi connectivity index (χ3v) is 7.03. The number of carbonyl (C=O) groups excluding carboxylic acids is 3. The predicted octanol–water partition coefficient (Wildman–Crippen LogP) is 6.32. The van der Waals surface area contributed by atoms with E-state index in [1.807, 2.05) is 0 Å². The van der Waals surface area contributed by atoms with Gasteiger partial charge in [-0.05, 0) is 71.4 Å². The first kappa shape index (κ1) is 30.5. The molecule has 0 bridgehead atoms. The Balaban J connectivity index is 1.40. The van der Waals surface area contributed by atoms with Crippen LogP contribution in [-0.4, -0.2) is 46.7 Å². The number of imide groups is 1. The molecule has 1 fully saturated rings. The lowest BCUT2D eigenvalue weighted by molar-refractivity contribution is -0.137. The van der Waals surface area contributed by atoms with E-state index in [4.69, 9.17) is 26.2 Å². The van der Waals surface area contributed by atoms with Crippen LogP contribution in [0.5, 0.6) is 11.5 Å². The zero-order valence-electron chi connectivity index (χ0n) is 21.5. The van der Waals surface area contributed by atoms with Crippen LogP contribution in [0.3, 0.4) is 0 Å². The minimum Gasteiger partial charge on any atom is -0.495 e. The molecule has 1 heterocycles. The van der Waals surface area contributed by atoms with Gasteiger partial charge in [0.25, 0.3) is 11.1 Å². The summed E-state index contributed by atoms with van der Waals surface area (Å²) in [5.74, 6) is -2.43. The van der Waals surface area contributed by atoms with Crippen molar-refractivity contribution in [2.24, 2.45) is 0 Å². The van der Waals surface area contributed by atoms with Gasteiger partial charge in [0.2, 0.25) is 5.91 Å². The number of carboxylic acid groups (broad SMARTS) is 1. The molecule has 0 spiro atoms. The summed E-state index contributed by atoms with van der Waals surface area (Å²) in [4.78, 5) is 49.6. The Kier molecular flexibility index (Phi) is 9.12. The van der Waals surface area contributed by atoms with Crippen LogP contribution in [0.1, 0.15) is 27.0 Å². The molecule has 42 heavy (non-hydrogen) atoms. The fraction of sp³-hybridized carbons (Fsp3) is 0.143. The highest BCUT2D eigenvalue weighted by molar-refractivity contribution is 8.18. The van der Waals surface area contributed by atoms with Crippen LogP contribution in [0.25, 0.3) is 6.08 Å². The Hall–Kier alpha value is -4.49. The summed E-state index contributed by atoms with van der Waals surface area (Å²) >= 11 is 6.90. The second kappa shape index (κ2) is 12.6. The van der Waals surface area contributed by atoms with Crippen LogP contribution in [0.15, 0.2) is 65.6 Å². The molecule has 0 saturated carbocycles. The maximum Gasteiger partial charge on any atom is 0.416 e. The molecule has 0 aliphatic carbocycles. The first-order valence-electron chi connectivity index (χ1n) is 11.9. The minimum absolute atomic E-state index is 0.00713. The molecule has 3 aromatic rings. The number of nitrogens with zero attached hydrogens (tertiary/aromatic N) is 1. The van der Waals surface area contributed by atoms with Gasteiger partial charge >= 0.3 is 12.1 Å². The van der Waals surface area contributed by atoms with E-state index in [1.54, 1.807) is 24.3 Å². The van der Waals surface area contributed by atoms with E-state index in [0.29, 0.717) is 39.6 Å². The van der Waals surface area contributed by atoms with Gasteiger partial charge in [0.15, 0.2) is 0 Å². The lowest BCUT2D eigenvalue weighted by Crippen LogP contribution is -2.36. The maximum atomic E-state index is 13.1. The predicted molar refractivity (Wildman–Crippen MR) is 148 cm³/mol.